The summed E-state index contributed by atoms with van der Waals surface area (Å²) in [4.78, 5) is 16.8. The SMILES string of the molecule is Cc1cccc(NC(=O)CCN2CCN(c3ccc(Cl)cc3)CC2)c1. The van der Waals surface area contributed by atoms with Gasteiger partial charge in [-0.25, -0.2) is 0 Å². The van der Waals surface area contributed by atoms with Crippen molar-refractivity contribution in [1.29, 1.82) is 0 Å². The fraction of sp³-hybridized carbons (Fsp3) is 0.350. The van der Waals surface area contributed by atoms with E-state index in [4.69, 9.17) is 11.6 Å². The van der Waals surface area contributed by atoms with Crippen molar-refractivity contribution < 1.29 is 4.79 Å². The topological polar surface area (TPSA) is 35.6 Å². The molecule has 1 fully saturated rings. The van der Waals surface area contributed by atoms with Gasteiger partial charge in [-0.05, 0) is 48.9 Å². The second-order valence-corrected chi connectivity index (χ2v) is 6.91. The normalized spacial score (nSPS) is 15.2. The number of halogens is 1. The fourth-order valence-corrected chi connectivity index (χ4v) is 3.21. The molecule has 5 heteroatoms. The maximum atomic E-state index is 12.1. The molecule has 1 saturated heterocycles. The van der Waals surface area contributed by atoms with Gasteiger partial charge >= 0.3 is 0 Å². The third-order valence-electron chi connectivity index (χ3n) is 4.52. The molecule has 132 valence electrons. The van der Waals surface area contributed by atoms with Gasteiger partial charge in [0.25, 0.3) is 0 Å². The van der Waals surface area contributed by atoms with Gasteiger partial charge in [-0.2, -0.15) is 0 Å². The van der Waals surface area contributed by atoms with E-state index in [-0.39, 0.29) is 5.91 Å². The fourth-order valence-electron chi connectivity index (χ4n) is 3.09. The van der Waals surface area contributed by atoms with Gasteiger partial charge in [0.2, 0.25) is 5.91 Å². The number of nitrogens with zero attached hydrogens (tertiary/aromatic N) is 2. The van der Waals surface area contributed by atoms with Crippen LogP contribution in [0.25, 0.3) is 0 Å². The van der Waals surface area contributed by atoms with Crippen LogP contribution in [-0.2, 0) is 4.79 Å². The second kappa shape index (κ2) is 8.37. The Balaban J connectivity index is 1.41. The molecule has 0 spiro atoms. The number of aryl methyl sites for hydroxylation is 1. The Bertz CT molecular complexity index is 709. The van der Waals surface area contributed by atoms with Crippen LogP contribution >= 0.6 is 11.6 Å². The van der Waals surface area contributed by atoms with E-state index in [0.29, 0.717) is 6.42 Å². The highest BCUT2D eigenvalue weighted by Gasteiger charge is 2.17. The first-order chi connectivity index (χ1) is 12.1. The first-order valence-corrected chi connectivity index (χ1v) is 9.07. The molecule has 4 nitrogen and oxygen atoms in total. The van der Waals surface area contributed by atoms with Crippen LogP contribution < -0.4 is 10.2 Å². The zero-order valence-electron chi connectivity index (χ0n) is 14.5. The van der Waals surface area contributed by atoms with Gasteiger partial charge in [0.15, 0.2) is 0 Å². The molecule has 2 aromatic rings. The lowest BCUT2D eigenvalue weighted by Gasteiger charge is -2.36. The van der Waals surface area contributed by atoms with Gasteiger partial charge in [-0.3, -0.25) is 9.69 Å². The van der Waals surface area contributed by atoms with Gasteiger partial charge in [-0.15, -0.1) is 0 Å². The third-order valence-corrected chi connectivity index (χ3v) is 4.77. The van der Waals surface area contributed by atoms with Crippen LogP contribution in [-0.4, -0.2) is 43.5 Å². The number of hydrogen-bond acceptors (Lipinski definition) is 3. The van der Waals surface area contributed by atoms with Gasteiger partial charge < -0.3 is 10.2 Å². The molecule has 2 aromatic carbocycles. The number of piperazine rings is 1. The molecule has 0 aromatic heterocycles. The molecule has 1 N–H and O–H groups in total. The average Bonchev–Trinajstić information content (AvgIpc) is 2.61. The maximum absolute atomic E-state index is 12.1. The summed E-state index contributed by atoms with van der Waals surface area (Å²) in [5.41, 5.74) is 3.23. The highest BCUT2D eigenvalue weighted by atomic mass is 35.5. The summed E-state index contributed by atoms with van der Waals surface area (Å²) in [5.74, 6) is 0.0748. The Kier molecular flexibility index (Phi) is 5.95. The van der Waals surface area contributed by atoms with E-state index in [2.05, 4.69) is 27.2 Å². The maximum Gasteiger partial charge on any atom is 0.225 e. The van der Waals surface area contributed by atoms with E-state index in [9.17, 15) is 4.79 Å². The monoisotopic (exact) mass is 357 g/mol. The minimum Gasteiger partial charge on any atom is -0.369 e. The molecule has 0 saturated carbocycles. The summed E-state index contributed by atoms with van der Waals surface area (Å²) in [5, 5.41) is 3.74. The van der Waals surface area contributed by atoms with Crippen LogP contribution in [0.3, 0.4) is 0 Å². The van der Waals surface area contributed by atoms with Crippen molar-refractivity contribution in [3.05, 3.63) is 59.1 Å². The first-order valence-electron chi connectivity index (χ1n) is 8.69. The molecule has 0 aliphatic carbocycles. The molecule has 3 rings (SSSR count). The molecule has 0 radical (unpaired) electrons. The summed E-state index contributed by atoms with van der Waals surface area (Å²) >= 11 is 5.95. The van der Waals surface area contributed by atoms with E-state index in [0.717, 1.165) is 49.0 Å². The van der Waals surface area contributed by atoms with Gasteiger partial charge in [0, 0.05) is 55.5 Å². The zero-order chi connectivity index (χ0) is 17.6. The van der Waals surface area contributed by atoms with Gasteiger partial charge in [0.05, 0.1) is 0 Å². The molecule has 1 aliphatic heterocycles. The lowest BCUT2D eigenvalue weighted by atomic mass is 10.2. The highest BCUT2D eigenvalue weighted by molar-refractivity contribution is 6.30. The summed E-state index contributed by atoms with van der Waals surface area (Å²) in [6, 6.07) is 15.9. The Morgan fingerprint density at radius 1 is 1.08 bits per heavy atom. The molecule has 0 bridgehead atoms. The molecule has 1 heterocycles. The molecule has 0 unspecified atom stereocenters. The summed E-state index contributed by atoms with van der Waals surface area (Å²) in [7, 11) is 0. The molecule has 0 atom stereocenters. The largest absolute Gasteiger partial charge is 0.369 e. The summed E-state index contributed by atoms with van der Waals surface area (Å²) in [6.45, 7) is 6.71. The lowest BCUT2D eigenvalue weighted by molar-refractivity contribution is -0.116. The van der Waals surface area contributed by atoms with E-state index >= 15 is 0 Å². The predicted octanol–water partition coefficient (Wildman–Crippen LogP) is 3.80. The van der Waals surface area contributed by atoms with Crippen molar-refractivity contribution in [2.75, 3.05) is 42.9 Å². The van der Waals surface area contributed by atoms with Crippen LogP contribution in [0.4, 0.5) is 11.4 Å². The number of rotatable bonds is 5. The van der Waals surface area contributed by atoms with Crippen molar-refractivity contribution in [1.82, 2.24) is 4.90 Å². The summed E-state index contributed by atoms with van der Waals surface area (Å²) < 4.78 is 0. The average molecular weight is 358 g/mol. The zero-order valence-corrected chi connectivity index (χ0v) is 15.3. The Labute approximate surface area is 154 Å². The van der Waals surface area contributed by atoms with Crippen molar-refractivity contribution in [3.8, 4) is 0 Å². The molecular weight excluding hydrogens is 334 g/mol. The first kappa shape index (κ1) is 17.8. The third kappa shape index (κ3) is 5.21. The van der Waals surface area contributed by atoms with Crippen molar-refractivity contribution in [2.24, 2.45) is 0 Å². The van der Waals surface area contributed by atoms with Crippen LogP contribution in [0.2, 0.25) is 5.02 Å². The number of carbonyl (C=O) groups is 1. The Hall–Kier alpha value is -2.04. The van der Waals surface area contributed by atoms with Crippen LogP contribution in [0.1, 0.15) is 12.0 Å². The van der Waals surface area contributed by atoms with E-state index < -0.39 is 0 Å². The van der Waals surface area contributed by atoms with Crippen LogP contribution in [0.5, 0.6) is 0 Å². The number of nitrogens with one attached hydrogen (secondary N) is 1. The smallest absolute Gasteiger partial charge is 0.225 e. The van der Waals surface area contributed by atoms with Crippen LogP contribution in [0, 0.1) is 6.92 Å². The molecule has 1 amide bonds. The minimum absolute atomic E-state index is 0.0748. The van der Waals surface area contributed by atoms with Crippen molar-refractivity contribution >= 4 is 28.9 Å². The van der Waals surface area contributed by atoms with Gasteiger partial charge in [-0.1, -0.05) is 23.7 Å². The number of carbonyl (C=O) groups excluding carboxylic acids is 1. The van der Waals surface area contributed by atoms with E-state index in [1.807, 2.05) is 43.3 Å². The number of hydrogen-bond donors (Lipinski definition) is 1. The Morgan fingerprint density at radius 2 is 1.80 bits per heavy atom. The number of benzene rings is 2. The van der Waals surface area contributed by atoms with Crippen LogP contribution in [0.15, 0.2) is 48.5 Å². The van der Waals surface area contributed by atoms with E-state index in [1.165, 1.54) is 5.69 Å². The van der Waals surface area contributed by atoms with E-state index in [1.54, 1.807) is 0 Å². The van der Waals surface area contributed by atoms with Gasteiger partial charge in [0.1, 0.15) is 0 Å². The quantitative estimate of drug-likeness (QED) is 0.884. The molecular formula is C20H24ClN3O. The van der Waals surface area contributed by atoms with Crippen molar-refractivity contribution in [3.63, 3.8) is 0 Å². The number of anilines is 2. The lowest BCUT2D eigenvalue weighted by Crippen LogP contribution is -2.47. The van der Waals surface area contributed by atoms with Crippen molar-refractivity contribution in [2.45, 2.75) is 13.3 Å². The predicted molar refractivity (Wildman–Crippen MR) is 105 cm³/mol. The Morgan fingerprint density at radius 3 is 2.48 bits per heavy atom. The molecule has 25 heavy (non-hydrogen) atoms. The second-order valence-electron chi connectivity index (χ2n) is 6.47. The summed E-state index contributed by atoms with van der Waals surface area (Å²) in [6.07, 6.45) is 0.523. The standard InChI is InChI=1S/C20H24ClN3O/c1-16-3-2-4-18(15-16)22-20(25)9-10-23-11-13-24(14-12-23)19-7-5-17(21)6-8-19/h2-8,15H,9-14H2,1H3,(H,22,25). The minimum atomic E-state index is 0.0748. The molecule has 1 aliphatic rings. The highest BCUT2D eigenvalue weighted by Crippen LogP contribution is 2.19. The number of amides is 1.